The second-order valence-electron chi connectivity index (χ2n) is 7.62. The first kappa shape index (κ1) is 19.5. The average Bonchev–Trinajstić information content (AvgIpc) is 2.76. The van der Waals surface area contributed by atoms with Crippen molar-refractivity contribution in [2.45, 2.75) is 38.8 Å². The summed E-state index contributed by atoms with van der Waals surface area (Å²) in [5.41, 5.74) is 3.31. The maximum atomic E-state index is 14.2. The lowest BCUT2D eigenvalue weighted by Crippen LogP contribution is -2.40. The van der Waals surface area contributed by atoms with Crippen molar-refractivity contribution < 1.29 is 4.39 Å². The Hall–Kier alpha value is -2.86. The van der Waals surface area contributed by atoms with Gasteiger partial charge in [0.2, 0.25) is 5.95 Å². The zero-order valence-corrected chi connectivity index (χ0v) is 16.8. The summed E-state index contributed by atoms with van der Waals surface area (Å²) in [6.07, 6.45) is 7.49. The minimum Gasteiger partial charge on any atom is -0.351 e. The molecule has 1 aliphatic heterocycles. The third kappa shape index (κ3) is 4.43. The van der Waals surface area contributed by atoms with E-state index in [2.05, 4.69) is 44.2 Å². The predicted octanol–water partition coefficient (Wildman–Crippen LogP) is 4.62. The van der Waals surface area contributed by atoms with Crippen LogP contribution in [0, 0.1) is 12.7 Å². The highest BCUT2D eigenvalue weighted by molar-refractivity contribution is 5.64. The Morgan fingerprint density at radius 3 is 2.55 bits per heavy atom. The van der Waals surface area contributed by atoms with Crippen molar-refractivity contribution in [3.63, 3.8) is 0 Å². The third-order valence-electron chi connectivity index (χ3n) is 5.70. The molecule has 1 aromatic carbocycles. The van der Waals surface area contributed by atoms with E-state index in [1.165, 1.54) is 11.6 Å². The molecule has 0 spiro atoms. The van der Waals surface area contributed by atoms with Crippen molar-refractivity contribution in [3.8, 4) is 11.3 Å². The van der Waals surface area contributed by atoms with Gasteiger partial charge in [0.15, 0.2) is 0 Å². The van der Waals surface area contributed by atoms with Gasteiger partial charge in [0.1, 0.15) is 5.82 Å². The summed E-state index contributed by atoms with van der Waals surface area (Å²) in [6, 6.07) is 11.6. The molecule has 3 heterocycles. The van der Waals surface area contributed by atoms with Crippen molar-refractivity contribution in [1.29, 1.82) is 0 Å². The fourth-order valence-corrected chi connectivity index (χ4v) is 3.90. The van der Waals surface area contributed by atoms with E-state index in [-0.39, 0.29) is 5.82 Å². The molecule has 0 aliphatic carbocycles. The van der Waals surface area contributed by atoms with E-state index >= 15 is 0 Å². The number of hydrogen-bond donors (Lipinski definition) is 1. The normalized spacial score (nSPS) is 16.5. The summed E-state index contributed by atoms with van der Waals surface area (Å²) in [4.78, 5) is 15.6. The molecule has 1 fully saturated rings. The van der Waals surface area contributed by atoms with Crippen LogP contribution in [0.5, 0.6) is 0 Å². The second kappa shape index (κ2) is 8.66. The van der Waals surface area contributed by atoms with Gasteiger partial charge in [0.05, 0.1) is 5.69 Å². The number of aryl methyl sites for hydroxylation is 1. The molecule has 0 amide bonds. The molecule has 1 N–H and O–H groups in total. The van der Waals surface area contributed by atoms with Crippen LogP contribution in [-0.2, 0) is 0 Å². The van der Waals surface area contributed by atoms with Gasteiger partial charge in [0.25, 0.3) is 0 Å². The first-order valence-electron chi connectivity index (χ1n) is 10.1. The summed E-state index contributed by atoms with van der Waals surface area (Å²) in [5.74, 6) is 0.299. The van der Waals surface area contributed by atoms with E-state index in [0.29, 0.717) is 29.3 Å². The number of anilines is 1. The van der Waals surface area contributed by atoms with Crippen LogP contribution in [0.25, 0.3) is 11.3 Å². The third-order valence-corrected chi connectivity index (χ3v) is 5.70. The average molecular weight is 391 g/mol. The monoisotopic (exact) mass is 391 g/mol. The standard InChI is InChI=1S/C23H26FN5/c1-16-15-26-23(28-22(16)20-5-3-4-6-21(20)24)27-19-9-13-29(14-10-19)17(2)18-7-11-25-12-8-18/h3-8,11-12,15,17,19H,9-10,13-14H2,1-2H3,(H,26,27,28). The molecule has 1 aliphatic rings. The van der Waals surface area contributed by atoms with Crippen molar-refractivity contribution >= 4 is 5.95 Å². The number of nitrogens with zero attached hydrogens (tertiary/aromatic N) is 4. The van der Waals surface area contributed by atoms with Crippen LogP contribution in [0.2, 0.25) is 0 Å². The minimum atomic E-state index is -0.265. The van der Waals surface area contributed by atoms with Crippen LogP contribution >= 0.6 is 0 Å². The van der Waals surface area contributed by atoms with Crippen LogP contribution in [0.15, 0.2) is 55.0 Å². The predicted molar refractivity (Wildman–Crippen MR) is 113 cm³/mol. The Morgan fingerprint density at radius 2 is 1.83 bits per heavy atom. The maximum absolute atomic E-state index is 14.2. The van der Waals surface area contributed by atoms with E-state index in [9.17, 15) is 4.39 Å². The van der Waals surface area contributed by atoms with Crippen LogP contribution < -0.4 is 5.32 Å². The van der Waals surface area contributed by atoms with Crippen LogP contribution in [0.4, 0.5) is 10.3 Å². The Labute approximate surface area is 171 Å². The highest BCUT2D eigenvalue weighted by atomic mass is 19.1. The topological polar surface area (TPSA) is 53.9 Å². The number of pyridine rings is 1. The summed E-state index contributed by atoms with van der Waals surface area (Å²) in [7, 11) is 0. The second-order valence-corrected chi connectivity index (χ2v) is 7.62. The molecule has 1 unspecified atom stereocenters. The molecule has 29 heavy (non-hydrogen) atoms. The Morgan fingerprint density at radius 1 is 1.10 bits per heavy atom. The van der Waals surface area contributed by atoms with Gasteiger partial charge in [-0.05, 0) is 62.1 Å². The largest absolute Gasteiger partial charge is 0.351 e. The fourth-order valence-electron chi connectivity index (χ4n) is 3.90. The molecule has 0 radical (unpaired) electrons. The number of likely N-dealkylation sites (tertiary alicyclic amines) is 1. The minimum absolute atomic E-state index is 0.265. The lowest BCUT2D eigenvalue weighted by atomic mass is 10.0. The lowest BCUT2D eigenvalue weighted by molar-refractivity contribution is 0.167. The van der Waals surface area contributed by atoms with E-state index in [0.717, 1.165) is 31.5 Å². The maximum Gasteiger partial charge on any atom is 0.223 e. The molecule has 2 aromatic heterocycles. The zero-order valence-electron chi connectivity index (χ0n) is 16.8. The van der Waals surface area contributed by atoms with Gasteiger partial charge >= 0.3 is 0 Å². The molecular weight excluding hydrogens is 365 g/mol. The summed E-state index contributed by atoms with van der Waals surface area (Å²) >= 11 is 0. The fraction of sp³-hybridized carbons (Fsp3) is 0.348. The molecule has 3 aromatic rings. The number of piperidine rings is 1. The van der Waals surface area contributed by atoms with Crippen molar-refractivity contribution in [3.05, 3.63) is 71.9 Å². The summed E-state index contributed by atoms with van der Waals surface area (Å²) in [6.45, 7) is 6.16. The van der Waals surface area contributed by atoms with Gasteiger partial charge in [-0.3, -0.25) is 9.88 Å². The first-order chi connectivity index (χ1) is 14.1. The smallest absolute Gasteiger partial charge is 0.223 e. The molecule has 6 heteroatoms. The van der Waals surface area contributed by atoms with E-state index in [4.69, 9.17) is 0 Å². The van der Waals surface area contributed by atoms with E-state index in [1.54, 1.807) is 18.3 Å². The molecule has 5 nitrogen and oxygen atoms in total. The van der Waals surface area contributed by atoms with Crippen LogP contribution in [-0.4, -0.2) is 39.0 Å². The van der Waals surface area contributed by atoms with Gasteiger partial charge in [-0.1, -0.05) is 12.1 Å². The molecular formula is C23H26FN5. The van der Waals surface area contributed by atoms with E-state index < -0.39 is 0 Å². The SMILES string of the molecule is Cc1cnc(NC2CCN(C(C)c3ccncc3)CC2)nc1-c1ccccc1F. The molecule has 4 rings (SSSR count). The lowest BCUT2D eigenvalue weighted by Gasteiger charge is -2.36. The van der Waals surface area contributed by atoms with Crippen LogP contribution in [0.3, 0.4) is 0 Å². The Kier molecular flexibility index (Phi) is 5.81. The summed E-state index contributed by atoms with van der Waals surface area (Å²) in [5, 5.41) is 3.46. The van der Waals surface area contributed by atoms with Gasteiger partial charge in [0, 0.05) is 49.3 Å². The summed E-state index contributed by atoms with van der Waals surface area (Å²) < 4.78 is 14.2. The van der Waals surface area contributed by atoms with Crippen molar-refractivity contribution in [2.24, 2.45) is 0 Å². The number of aromatic nitrogens is 3. The first-order valence-corrected chi connectivity index (χ1v) is 10.1. The highest BCUT2D eigenvalue weighted by Gasteiger charge is 2.24. The van der Waals surface area contributed by atoms with Gasteiger partial charge < -0.3 is 5.32 Å². The quantitative estimate of drug-likeness (QED) is 0.688. The van der Waals surface area contributed by atoms with Crippen LogP contribution in [0.1, 0.15) is 36.9 Å². The molecule has 1 saturated heterocycles. The van der Waals surface area contributed by atoms with Gasteiger partial charge in [-0.2, -0.15) is 0 Å². The van der Waals surface area contributed by atoms with Gasteiger partial charge in [-0.25, -0.2) is 14.4 Å². The highest BCUT2D eigenvalue weighted by Crippen LogP contribution is 2.27. The number of hydrogen-bond acceptors (Lipinski definition) is 5. The zero-order chi connectivity index (χ0) is 20.2. The molecule has 1 atom stereocenters. The van der Waals surface area contributed by atoms with Crippen molar-refractivity contribution in [1.82, 2.24) is 19.9 Å². The van der Waals surface area contributed by atoms with E-state index in [1.807, 2.05) is 25.4 Å². The number of benzene rings is 1. The Bertz CT molecular complexity index is 954. The molecule has 150 valence electrons. The van der Waals surface area contributed by atoms with Crippen molar-refractivity contribution in [2.75, 3.05) is 18.4 Å². The molecule has 0 saturated carbocycles. The Balaban J connectivity index is 1.41. The van der Waals surface area contributed by atoms with Gasteiger partial charge in [-0.15, -0.1) is 0 Å². The number of halogens is 1. The number of rotatable bonds is 5. The molecule has 0 bridgehead atoms. The number of nitrogens with one attached hydrogen (secondary N) is 1.